The van der Waals surface area contributed by atoms with E-state index in [1.54, 1.807) is 6.07 Å². The molecule has 1 saturated heterocycles. The van der Waals surface area contributed by atoms with E-state index in [4.69, 9.17) is 4.74 Å². The summed E-state index contributed by atoms with van der Waals surface area (Å²) in [6, 6.07) is 3.85. The topological polar surface area (TPSA) is 21.3 Å². The minimum Gasteiger partial charge on any atom is -0.493 e. The highest BCUT2D eigenvalue weighted by atomic mass is 19.1. The predicted octanol–water partition coefficient (Wildman–Crippen LogP) is 2.06. The van der Waals surface area contributed by atoms with Gasteiger partial charge in [0.2, 0.25) is 0 Å². The molecule has 1 N–H and O–H groups in total. The fourth-order valence-electron chi connectivity index (χ4n) is 2.66. The Morgan fingerprint density at radius 3 is 3.19 bits per heavy atom. The monoisotopic (exact) mass is 221 g/mol. The summed E-state index contributed by atoms with van der Waals surface area (Å²) in [6.45, 7) is 1.76. The second-order valence-corrected chi connectivity index (χ2v) is 4.61. The summed E-state index contributed by atoms with van der Waals surface area (Å²) in [6.07, 6.45) is 4.01. The van der Waals surface area contributed by atoms with Gasteiger partial charge in [-0.25, -0.2) is 4.39 Å². The third-order valence-corrected chi connectivity index (χ3v) is 3.52. The van der Waals surface area contributed by atoms with Crippen molar-refractivity contribution in [1.29, 1.82) is 0 Å². The summed E-state index contributed by atoms with van der Waals surface area (Å²) in [5.74, 6) is 0.697. The van der Waals surface area contributed by atoms with Crippen LogP contribution in [-0.4, -0.2) is 19.2 Å². The second-order valence-electron chi connectivity index (χ2n) is 4.61. The zero-order valence-corrected chi connectivity index (χ0v) is 9.26. The first-order valence-electron chi connectivity index (χ1n) is 6.01. The largest absolute Gasteiger partial charge is 0.493 e. The lowest BCUT2D eigenvalue weighted by Crippen LogP contribution is -2.24. The van der Waals surface area contributed by atoms with Crippen LogP contribution in [0.4, 0.5) is 4.39 Å². The Morgan fingerprint density at radius 2 is 2.38 bits per heavy atom. The number of ether oxygens (including phenoxy) is 1. The molecule has 3 heteroatoms. The number of halogens is 1. The van der Waals surface area contributed by atoms with Crippen molar-refractivity contribution in [3.8, 4) is 5.75 Å². The lowest BCUT2D eigenvalue weighted by Gasteiger charge is -2.14. The molecule has 2 aliphatic rings. The van der Waals surface area contributed by atoms with Crippen LogP contribution in [0.5, 0.6) is 5.75 Å². The maximum absolute atomic E-state index is 13.8. The van der Waals surface area contributed by atoms with Gasteiger partial charge in [-0.05, 0) is 37.4 Å². The van der Waals surface area contributed by atoms with Crippen molar-refractivity contribution >= 4 is 0 Å². The van der Waals surface area contributed by atoms with Crippen LogP contribution in [0.2, 0.25) is 0 Å². The number of rotatable bonds is 2. The van der Waals surface area contributed by atoms with E-state index in [1.807, 2.05) is 6.07 Å². The van der Waals surface area contributed by atoms with Crippen molar-refractivity contribution in [3.63, 3.8) is 0 Å². The van der Waals surface area contributed by atoms with E-state index in [0.717, 1.165) is 42.7 Å². The molecule has 1 fully saturated rings. The quantitative estimate of drug-likeness (QED) is 0.825. The second kappa shape index (κ2) is 4.06. The van der Waals surface area contributed by atoms with Crippen LogP contribution >= 0.6 is 0 Å². The molecule has 2 aliphatic heterocycles. The van der Waals surface area contributed by atoms with Crippen molar-refractivity contribution in [3.05, 3.63) is 29.1 Å². The van der Waals surface area contributed by atoms with Crippen molar-refractivity contribution in [2.24, 2.45) is 0 Å². The average molecular weight is 221 g/mol. The molecule has 0 radical (unpaired) electrons. The summed E-state index contributed by atoms with van der Waals surface area (Å²) >= 11 is 0. The molecular weight excluding hydrogens is 205 g/mol. The van der Waals surface area contributed by atoms with Crippen LogP contribution in [0.1, 0.15) is 24.0 Å². The summed E-state index contributed by atoms with van der Waals surface area (Å²) in [7, 11) is 0. The fourth-order valence-corrected chi connectivity index (χ4v) is 2.66. The van der Waals surface area contributed by atoms with Gasteiger partial charge in [0, 0.05) is 18.0 Å². The van der Waals surface area contributed by atoms with E-state index in [1.165, 1.54) is 6.42 Å². The molecule has 1 aromatic carbocycles. The summed E-state index contributed by atoms with van der Waals surface area (Å²) in [5, 5.41) is 3.40. The van der Waals surface area contributed by atoms with E-state index in [-0.39, 0.29) is 5.82 Å². The third-order valence-electron chi connectivity index (χ3n) is 3.52. The van der Waals surface area contributed by atoms with Crippen molar-refractivity contribution in [1.82, 2.24) is 5.32 Å². The van der Waals surface area contributed by atoms with Gasteiger partial charge in [0.15, 0.2) is 0 Å². The van der Waals surface area contributed by atoms with Gasteiger partial charge >= 0.3 is 0 Å². The molecule has 1 unspecified atom stereocenters. The first-order chi connectivity index (χ1) is 7.84. The Morgan fingerprint density at radius 1 is 1.44 bits per heavy atom. The molecule has 0 aliphatic carbocycles. The summed E-state index contributed by atoms with van der Waals surface area (Å²) < 4.78 is 19.3. The van der Waals surface area contributed by atoms with Crippen molar-refractivity contribution in [2.45, 2.75) is 31.7 Å². The minimum absolute atomic E-state index is 0.116. The van der Waals surface area contributed by atoms with Gasteiger partial charge in [0.1, 0.15) is 11.6 Å². The Bertz CT molecular complexity index is 399. The highest BCUT2D eigenvalue weighted by Crippen LogP contribution is 2.33. The van der Waals surface area contributed by atoms with Crippen LogP contribution in [0, 0.1) is 5.82 Å². The van der Waals surface area contributed by atoms with E-state index in [2.05, 4.69) is 5.32 Å². The van der Waals surface area contributed by atoms with Gasteiger partial charge in [-0.15, -0.1) is 0 Å². The maximum Gasteiger partial charge on any atom is 0.130 e. The van der Waals surface area contributed by atoms with Crippen LogP contribution in [0.15, 0.2) is 12.1 Å². The maximum atomic E-state index is 13.8. The van der Waals surface area contributed by atoms with E-state index < -0.39 is 0 Å². The van der Waals surface area contributed by atoms with Gasteiger partial charge in [-0.1, -0.05) is 6.07 Å². The smallest absolute Gasteiger partial charge is 0.130 e. The molecule has 2 nitrogen and oxygen atoms in total. The third kappa shape index (κ3) is 1.69. The van der Waals surface area contributed by atoms with Gasteiger partial charge < -0.3 is 10.1 Å². The Hall–Kier alpha value is -1.09. The number of hydrogen-bond acceptors (Lipinski definition) is 2. The van der Waals surface area contributed by atoms with Gasteiger partial charge in [0.05, 0.1) is 6.61 Å². The molecule has 86 valence electrons. The van der Waals surface area contributed by atoms with Gasteiger partial charge in [0.25, 0.3) is 0 Å². The van der Waals surface area contributed by atoms with E-state index in [0.29, 0.717) is 12.6 Å². The number of benzene rings is 1. The number of fused-ring (bicyclic) bond motifs is 1. The van der Waals surface area contributed by atoms with E-state index in [9.17, 15) is 4.39 Å². The standard InChI is InChI=1S/C13H16FNO/c14-12-4-3-9-5-7-16-13(9)11(12)8-10-2-1-6-15-10/h3-4,10,15H,1-2,5-8H2. The molecule has 0 amide bonds. The Kier molecular flexibility index (Phi) is 2.56. The number of nitrogens with one attached hydrogen (secondary N) is 1. The van der Waals surface area contributed by atoms with Crippen LogP contribution in [0.3, 0.4) is 0 Å². The van der Waals surface area contributed by atoms with Crippen molar-refractivity contribution < 1.29 is 9.13 Å². The zero-order chi connectivity index (χ0) is 11.0. The minimum atomic E-state index is -0.116. The first-order valence-corrected chi connectivity index (χ1v) is 6.01. The predicted molar refractivity (Wildman–Crippen MR) is 60.3 cm³/mol. The fraction of sp³-hybridized carbons (Fsp3) is 0.538. The number of hydrogen-bond donors (Lipinski definition) is 1. The molecule has 1 atom stereocenters. The summed E-state index contributed by atoms with van der Waals surface area (Å²) in [4.78, 5) is 0. The van der Waals surface area contributed by atoms with Crippen LogP contribution in [-0.2, 0) is 12.8 Å². The molecule has 0 spiro atoms. The molecule has 0 saturated carbocycles. The summed E-state index contributed by atoms with van der Waals surface area (Å²) in [5.41, 5.74) is 1.93. The zero-order valence-electron chi connectivity index (χ0n) is 9.26. The molecule has 0 bridgehead atoms. The Balaban J connectivity index is 1.90. The first kappa shape index (κ1) is 10.1. The lowest BCUT2D eigenvalue weighted by atomic mass is 10.00. The molecule has 0 aromatic heterocycles. The highest BCUT2D eigenvalue weighted by molar-refractivity contribution is 5.45. The molecule has 3 rings (SSSR count). The Labute approximate surface area is 94.8 Å². The molecular formula is C13H16FNO. The lowest BCUT2D eigenvalue weighted by molar-refractivity contribution is 0.349. The molecule has 2 heterocycles. The van der Waals surface area contributed by atoms with Gasteiger partial charge in [-0.2, -0.15) is 0 Å². The van der Waals surface area contributed by atoms with Crippen LogP contribution in [0.25, 0.3) is 0 Å². The van der Waals surface area contributed by atoms with E-state index >= 15 is 0 Å². The average Bonchev–Trinajstić information content (AvgIpc) is 2.92. The SMILES string of the molecule is Fc1ccc2c(c1CC1CCCN1)OCC2. The molecule has 16 heavy (non-hydrogen) atoms. The molecule has 1 aromatic rings. The van der Waals surface area contributed by atoms with Crippen molar-refractivity contribution in [2.75, 3.05) is 13.2 Å². The normalized spacial score (nSPS) is 23.2. The van der Waals surface area contributed by atoms with Crippen LogP contribution < -0.4 is 10.1 Å². The van der Waals surface area contributed by atoms with Gasteiger partial charge in [-0.3, -0.25) is 0 Å². The highest BCUT2D eigenvalue weighted by Gasteiger charge is 2.23.